The number of benzene rings is 1. The SMILES string of the molecule is CN=C(NCCCN1C(=O)COc2ccccc21)N1CCC2(CCCCC2)C1. The van der Waals surface area contributed by atoms with Crippen LogP contribution >= 0.6 is 0 Å². The van der Waals surface area contributed by atoms with Gasteiger partial charge < -0.3 is 19.9 Å². The number of aliphatic imine (C=N–C) groups is 1. The van der Waals surface area contributed by atoms with E-state index in [0.29, 0.717) is 12.0 Å². The van der Waals surface area contributed by atoms with Crippen LogP contribution < -0.4 is 15.0 Å². The first-order valence-electron chi connectivity index (χ1n) is 10.7. The van der Waals surface area contributed by atoms with E-state index in [9.17, 15) is 4.79 Å². The Bertz CT molecular complexity index is 727. The smallest absolute Gasteiger partial charge is 0.265 e. The number of guanidine groups is 1. The number of hydrogen-bond acceptors (Lipinski definition) is 3. The zero-order valence-electron chi connectivity index (χ0n) is 17.0. The van der Waals surface area contributed by atoms with E-state index in [1.165, 1.54) is 38.5 Å². The average Bonchev–Trinajstić information content (AvgIpc) is 3.13. The minimum Gasteiger partial charge on any atom is -0.482 e. The summed E-state index contributed by atoms with van der Waals surface area (Å²) in [7, 11) is 1.87. The van der Waals surface area contributed by atoms with Gasteiger partial charge in [-0.05, 0) is 43.2 Å². The third-order valence-corrected chi connectivity index (χ3v) is 6.51. The van der Waals surface area contributed by atoms with Gasteiger partial charge in [-0.2, -0.15) is 0 Å². The highest BCUT2D eigenvalue weighted by molar-refractivity contribution is 5.97. The second-order valence-corrected chi connectivity index (χ2v) is 8.36. The van der Waals surface area contributed by atoms with E-state index >= 15 is 0 Å². The van der Waals surface area contributed by atoms with Crippen molar-refractivity contribution < 1.29 is 9.53 Å². The van der Waals surface area contributed by atoms with Gasteiger partial charge in [-0.3, -0.25) is 9.79 Å². The molecule has 0 aromatic heterocycles. The minimum atomic E-state index is 0.0295. The third kappa shape index (κ3) is 3.96. The molecule has 6 nitrogen and oxygen atoms in total. The number of nitrogens with zero attached hydrogens (tertiary/aromatic N) is 3. The summed E-state index contributed by atoms with van der Waals surface area (Å²) in [6.07, 6.45) is 9.09. The number of rotatable bonds is 4. The molecule has 4 rings (SSSR count). The summed E-state index contributed by atoms with van der Waals surface area (Å²) in [5.74, 6) is 1.83. The number of carbonyl (C=O) groups excluding carboxylic acids is 1. The molecule has 2 fully saturated rings. The summed E-state index contributed by atoms with van der Waals surface area (Å²) >= 11 is 0. The van der Waals surface area contributed by atoms with E-state index < -0.39 is 0 Å². The predicted molar refractivity (Wildman–Crippen MR) is 112 cm³/mol. The number of likely N-dealkylation sites (tertiary alicyclic amines) is 1. The summed E-state index contributed by atoms with van der Waals surface area (Å²) in [4.78, 5) is 21.1. The van der Waals surface area contributed by atoms with E-state index in [1.807, 2.05) is 36.2 Å². The molecular formula is C22H32N4O2. The molecule has 3 aliphatic rings. The van der Waals surface area contributed by atoms with E-state index in [2.05, 4.69) is 15.2 Å². The highest BCUT2D eigenvalue weighted by Crippen LogP contribution is 2.43. The lowest BCUT2D eigenvalue weighted by atomic mass is 9.73. The second kappa shape index (κ2) is 8.41. The molecule has 1 aliphatic carbocycles. The second-order valence-electron chi connectivity index (χ2n) is 8.36. The van der Waals surface area contributed by atoms with Gasteiger partial charge in [-0.1, -0.05) is 31.4 Å². The quantitative estimate of drug-likeness (QED) is 0.493. The van der Waals surface area contributed by atoms with Crippen molar-refractivity contribution in [3.8, 4) is 5.75 Å². The van der Waals surface area contributed by atoms with Gasteiger partial charge in [0.25, 0.3) is 5.91 Å². The van der Waals surface area contributed by atoms with Gasteiger partial charge in [-0.15, -0.1) is 0 Å². The Labute approximate surface area is 167 Å². The van der Waals surface area contributed by atoms with Crippen LogP contribution in [0.2, 0.25) is 0 Å². The Morgan fingerprint density at radius 1 is 1.21 bits per heavy atom. The molecule has 1 N–H and O–H groups in total. The van der Waals surface area contributed by atoms with Crippen molar-refractivity contribution in [3.63, 3.8) is 0 Å². The number of fused-ring (bicyclic) bond motifs is 1. The Kier molecular flexibility index (Phi) is 5.74. The van der Waals surface area contributed by atoms with Crippen LogP contribution in [0.25, 0.3) is 0 Å². The van der Waals surface area contributed by atoms with Crippen LogP contribution in [0.1, 0.15) is 44.9 Å². The Morgan fingerprint density at radius 2 is 2.04 bits per heavy atom. The molecule has 1 spiro atoms. The lowest BCUT2D eigenvalue weighted by Gasteiger charge is -2.33. The van der Waals surface area contributed by atoms with E-state index in [0.717, 1.165) is 43.5 Å². The van der Waals surface area contributed by atoms with Crippen LogP contribution in [-0.2, 0) is 4.79 Å². The number of amides is 1. The molecule has 2 heterocycles. The molecule has 1 amide bonds. The number of carbonyl (C=O) groups is 1. The van der Waals surface area contributed by atoms with E-state index in [1.54, 1.807) is 0 Å². The van der Waals surface area contributed by atoms with Crippen molar-refractivity contribution >= 4 is 17.6 Å². The molecule has 2 aliphatic heterocycles. The van der Waals surface area contributed by atoms with E-state index in [4.69, 9.17) is 4.74 Å². The number of anilines is 1. The summed E-state index contributed by atoms with van der Waals surface area (Å²) in [5, 5.41) is 3.52. The zero-order chi connectivity index (χ0) is 19.4. The van der Waals surface area contributed by atoms with Gasteiger partial charge in [-0.25, -0.2) is 0 Å². The van der Waals surface area contributed by atoms with Crippen LogP contribution in [-0.4, -0.2) is 56.6 Å². The predicted octanol–water partition coefficient (Wildman–Crippen LogP) is 3.03. The molecule has 1 aromatic rings. The highest BCUT2D eigenvalue weighted by Gasteiger charge is 2.39. The van der Waals surface area contributed by atoms with Crippen LogP contribution in [0, 0.1) is 5.41 Å². The van der Waals surface area contributed by atoms with Gasteiger partial charge in [0.15, 0.2) is 12.6 Å². The Morgan fingerprint density at radius 3 is 2.86 bits per heavy atom. The normalized spacial score (nSPS) is 21.6. The maximum Gasteiger partial charge on any atom is 0.265 e. The third-order valence-electron chi connectivity index (χ3n) is 6.51. The molecule has 0 bridgehead atoms. The number of hydrogen-bond donors (Lipinski definition) is 1. The van der Waals surface area contributed by atoms with Gasteiger partial charge in [0, 0.05) is 33.2 Å². The van der Waals surface area contributed by atoms with Crippen LogP contribution in [0.4, 0.5) is 5.69 Å². The number of nitrogens with one attached hydrogen (secondary N) is 1. The molecule has 1 saturated carbocycles. The molecule has 0 unspecified atom stereocenters. The Hall–Kier alpha value is -2.24. The van der Waals surface area contributed by atoms with Crippen molar-refractivity contribution in [1.82, 2.24) is 10.2 Å². The summed E-state index contributed by atoms with van der Waals surface area (Å²) < 4.78 is 5.52. The van der Waals surface area contributed by atoms with Gasteiger partial charge in [0.2, 0.25) is 0 Å². The summed E-state index contributed by atoms with van der Waals surface area (Å²) in [6.45, 7) is 3.87. The first-order valence-corrected chi connectivity index (χ1v) is 10.7. The fraction of sp³-hybridized carbons (Fsp3) is 0.636. The van der Waals surface area contributed by atoms with Gasteiger partial charge >= 0.3 is 0 Å². The molecule has 1 saturated heterocycles. The van der Waals surface area contributed by atoms with Crippen molar-refractivity contribution in [2.75, 3.05) is 44.7 Å². The highest BCUT2D eigenvalue weighted by atomic mass is 16.5. The van der Waals surface area contributed by atoms with Crippen LogP contribution in [0.5, 0.6) is 5.75 Å². The van der Waals surface area contributed by atoms with Gasteiger partial charge in [0.05, 0.1) is 5.69 Å². The monoisotopic (exact) mass is 384 g/mol. The van der Waals surface area contributed by atoms with Crippen LogP contribution in [0.15, 0.2) is 29.3 Å². The minimum absolute atomic E-state index is 0.0295. The first kappa shape index (κ1) is 19.1. The molecule has 0 atom stereocenters. The van der Waals surface area contributed by atoms with Crippen molar-refractivity contribution in [2.24, 2.45) is 10.4 Å². The fourth-order valence-electron chi connectivity index (χ4n) is 4.99. The topological polar surface area (TPSA) is 57.2 Å². The molecule has 1 aromatic carbocycles. The molecule has 28 heavy (non-hydrogen) atoms. The average molecular weight is 385 g/mol. The van der Waals surface area contributed by atoms with E-state index in [-0.39, 0.29) is 12.5 Å². The van der Waals surface area contributed by atoms with Crippen LogP contribution in [0.3, 0.4) is 0 Å². The lowest BCUT2D eigenvalue weighted by molar-refractivity contribution is -0.121. The fourth-order valence-corrected chi connectivity index (χ4v) is 4.99. The van der Waals surface area contributed by atoms with Crippen molar-refractivity contribution in [3.05, 3.63) is 24.3 Å². The largest absolute Gasteiger partial charge is 0.482 e. The molecule has 6 heteroatoms. The number of ether oxygens (including phenoxy) is 1. The maximum atomic E-state index is 12.3. The number of para-hydroxylation sites is 2. The molecular weight excluding hydrogens is 352 g/mol. The standard InChI is InChI=1S/C22H32N4O2/c1-23-21(25-15-12-22(17-25)10-5-2-6-11-22)24-13-7-14-26-18-8-3-4-9-19(18)28-16-20(26)27/h3-4,8-9H,2,5-7,10-17H2,1H3,(H,23,24). The Balaban J connectivity index is 1.27. The molecule has 152 valence electrons. The first-order chi connectivity index (χ1) is 13.7. The maximum absolute atomic E-state index is 12.3. The molecule has 0 radical (unpaired) electrons. The van der Waals surface area contributed by atoms with Gasteiger partial charge in [0.1, 0.15) is 5.75 Å². The summed E-state index contributed by atoms with van der Waals surface area (Å²) in [6, 6.07) is 7.76. The van der Waals surface area contributed by atoms with Crippen molar-refractivity contribution in [1.29, 1.82) is 0 Å². The lowest BCUT2D eigenvalue weighted by Crippen LogP contribution is -2.43. The summed E-state index contributed by atoms with van der Waals surface area (Å²) in [5.41, 5.74) is 1.40. The van der Waals surface area contributed by atoms with Crippen molar-refractivity contribution in [2.45, 2.75) is 44.9 Å². The zero-order valence-corrected chi connectivity index (χ0v) is 17.0.